The van der Waals surface area contributed by atoms with E-state index in [0.717, 1.165) is 4.90 Å². The van der Waals surface area contributed by atoms with E-state index in [0.29, 0.717) is 43.9 Å². The molecule has 1 aromatic carbocycles. The van der Waals surface area contributed by atoms with Gasteiger partial charge in [-0.25, -0.2) is 0 Å². The Balaban J connectivity index is 1.96. The lowest BCUT2D eigenvalue weighted by molar-refractivity contribution is -0.0750. The molecule has 0 aromatic heterocycles. The van der Waals surface area contributed by atoms with Crippen LogP contribution in [-0.4, -0.2) is 65.8 Å². The quantitative estimate of drug-likeness (QED) is 0.734. The monoisotopic (exact) mass is 353 g/mol. The summed E-state index contributed by atoms with van der Waals surface area (Å²) in [6.45, 7) is 3.78. The van der Waals surface area contributed by atoms with Crippen molar-refractivity contribution in [3.8, 4) is 0 Å². The Morgan fingerprint density at radius 1 is 1.42 bits per heavy atom. The molecular formula is C18H27NO4S. The molecule has 5 nitrogen and oxygen atoms in total. The van der Waals surface area contributed by atoms with Gasteiger partial charge in [-0.1, -0.05) is 6.92 Å². The minimum absolute atomic E-state index is 0.00866. The largest absolute Gasteiger partial charge is 0.396 e. The topological polar surface area (TPSA) is 70.0 Å². The molecule has 6 heteroatoms. The van der Waals surface area contributed by atoms with Crippen molar-refractivity contribution < 1.29 is 19.7 Å². The number of thioether (sulfide) groups is 1. The number of carbonyl (C=O) groups is 1. The molecule has 0 aliphatic carbocycles. The van der Waals surface area contributed by atoms with E-state index in [1.54, 1.807) is 18.9 Å². The molecule has 2 N–H and O–H groups in total. The van der Waals surface area contributed by atoms with Gasteiger partial charge in [-0.15, -0.1) is 11.8 Å². The summed E-state index contributed by atoms with van der Waals surface area (Å²) in [5, 5.41) is 19.6. The Bertz CT molecular complexity index is 536. The van der Waals surface area contributed by atoms with E-state index in [2.05, 4.69) is 0 Å². The number of amides is 1. The zero-order valence-electron chi connectivity index (χ0n) is 14.4. The summed E-state index contributed by atoms with van der Waals surface area (Å²) >= 11 is 1.56. The van der Waals surface area contributed by atoms with Crippen LogP contribution in [-0.2, 0) is 4.74 Å². The molecule has 2 atom stereocenters. The highest BCUT2D eigenvalue weighted by atomic mass is 32.2. The first-order chi connectivity index (χ1) is 11.5. The summed E-state index contributed by atoms with van der Waals surface area (Å²) in [5.74, 6) is 0.677. The maximum absolute atomic E-state index is 12.7. The van der Waals surface area contributed by atoms with Gasteiger partial charge in [0, 0.05) is 48.9 Å². The third-order valence-corrected chi connectivity index (χ3v) is 5.71. The zero-order chi connectivity index (χ0) is 17.6. The molecule has 1 heterocycles. The first kappa shape index (κ1) is 19.2. The van der Waals surface area contributed by atoms with Crippen LogP contribution >= 0.6 is 11.8 Å². The van der Waals surface area contributed by atoms with Gasteiger partial charge in [-0.2, -0.15) is 0 Å². The van der Waals surface area contributed by atoms with E-state index in [9.17, 15) is 9.90 Å². The molecule has 1 aliphatic rings. The third kappa shape index (κ3) is 4.72. The van der Waals surface area contributed by atoms with Crippen molar-refractivity contribution in [2.75, 3.05) is 39.2 Å². The molecule has 1 aliphatic heterocycles. The van der Waals surface area contributed by atoms with E-state index >= 15 is 0 Å². The smallest absolute Gasteiger partial charge is 0.253 e. The van der Waals surface area contributed by atoms with Crippen molar-refractivity contribution in [2.45, 2.75) is 30.3 Å². The van der Waals surface area contributed by atoms with Crippen LogP contribution in [0.5, 0.6) is 0 Å². The number of aliphatic hydroxyl groups is 2. The second-order valence-corrected chi connectivity index (χ2v) is 7.51. The number of rotatable bonds is 7. The number of carbonyl (C=O) groups excluding carboxylic acids is 1. The van der Waals surface area contributed by atoms with Gasteiger partial charge >= 0.3 is 0 Å². The summed E-state index contributed by atoms with van der Waals surface area (Å²) in [7, 11) is 1.63. The molecule has 134 valence electrons. The van der Waals surface area contributed by atoms with Crippen LogP contribution in [0.25, 0.3) is 0 Å². The molecule has 0 bridgehead atoms. The van der Waals surface area contributed by atoms with Crippen molar-refractivity contribution in [1.82, 2.24) is 4.90 Å². The van der Waals surface area contributed by atoms with Gasteiger partial charge in [-0.05, 0) is 37.1 Å². The Morgan fingerprint density at radius 3 is 2.71 bits per heavy atom. The lowest BCUT2D eigenvalue weighted by Gasteiger charge is -2.43. The molecular weight excluding hydrogens is 326 g/mol. The molecule has 1 fully saturated rings. The van der Waals surface area contributed by atoms with Gasteiger partial charge in [-0.3, -0.25) is 4.79 Å². The van der Waals surface area contributed by atoms with Crippen LogP contribution in [0, 0.1) is 5.92 Å². The first-order valence-corrected chi connectivity index (χ1v) is 9.33. The highest BCUT2D eigenvalue weighted by Gasteiger charge is 2.39. The lowest BCUT2D eigenvalue weighted by Crippen LogP contribution is -2.52. The normalized spacial score (nSPS) is 24.2. The van der Waals surface area contributed by atoms with E-state index in [-0.39, 0.29) is 18.4 Å². The van der Waals surface area contributed by atoms with Crippen LogP contribution in [0.3, 0.4) is 0 Å². The van der Waals surface area contributed by atoms with Gasteiger partial charge in [0.25, 0.3) is 5.91 Å². The van der Waals surface area contributed by atoms with Crippen molar-refractivity contribution in [1.29, 1.82) is 0 Å². The molecule has 0 spiro atoms. The molecule has 2 rings (SSSR count). The average molecular weight is 353 g/mol. The van der Waals surface area contributed by atoms with Crippen molar-refractivity contribution in [3.05, 3.63) is 29.8 Å². The Hall–Kier alpha value is -1.08. The first-order valence-electron chi connectivity index (χ1n) is 8.34. The second-order valence-electron chi connectivity index (χ2n) is 6.35. The molecule has 1 amide bonds. The summed E-state index contributed by atoms with van der Waals surface area (Å²) in [4.78, 5) is 15.5. The van der Waals surface area contributed by atoms with Crippen LogP contribution in [0.2, 0.25) is 0 Å². The second kappa shape index (κ2) is 8.85. The van der Waals surface area contributed by atoms with Gasteiger partial charge in [0.05, 0.1) is 12.2 Å². The lowest BCUT2D eigenvalue weighted by atomic mass is 9.79. The van der Waals surface area contributed by atoms with E-state index in [1.807, 2.05) is 36.1 Å². The number of methoxy groups -OCH3 is 1. The van der Waals surface area contributed by atoms with Gasteiger partial charge in [0.15, 0.2) is 0 Å². The van der Waals surface area contributed by atoms with Gasteiger partial charge in [0.2, 0.25) is 0 Å². The predicted octanol–water partition coefficient (Wildman–Crippen LogP) is 2.02. The van der Waals surface area contributed by atoms with Crippen LogP contribution in [0.15, 0.2) is 29.2 Å². The fourth-order valence-electron chi connectivity index (χ4n) is 3.04. The third-order valence-electron chi connectivity index (χ3n) is 4.71. The summed E-state index contributed by atoms with van der Waals surface area (Å²) in [6, 6.07) is 7.49. The summed E-state index contributed by atoms with van der Waals surface area (Å²) in [5.41, 5.74) is -0.0877. The highest BCUT2D eigenvalue weighted by molar-refractivity contribution is 7.99. The highest BCUT2D eigenvalue weighted by Crippen LogP contribution is 2.31. The van der Waals surface area contributed by atoms with E-state index in [1.165, 1.54) is 0 Å². The zero-order valence-corrected chi connectivity index (χ0v) is 15.2. The SMILES string of the molecule is COCC[C@]1(O)CCN(C(=O)c2ccc(SCCO)cc2)C[C@H]1C. The molecule has 1 saturated heterocycles. The van der Waals surface area contributed by atoms with Crippen LogP contribution in [0.4, 0.5) is 0 Å². The predicted molar refractivity (Wildman–Crippen MR) is 95.4 cm³/mol. The van der Waals surface area contributed by atoms with Crippen molar-refractivity contribution in [3.63, 3.8) is 0 Å². The summed E-state index contributed by atoms with van der Waals surface area (Å²) in [6.07, 6.45) is 1.18. The number of benzene rings is 1. The Morgan fingerprint density at radius 2 is 2.12 bits per heavy atom. The number of likely N-dealkylation sites (tertiary alicyclic amines) is 1. The molecule has 0 saturated carbocycles. The Kier molecular flexibility index (Phi) is 7.10. The number of nitrogens with zero attached hydrogens (tertiary/aromatic N) is 1. The fraction of sp³-hybridized carbons (Fsp3) is 0.611. The van der Waals surface area contributed by atoms with Crippen LogP contribution in [0.1, 0.15) is 30.1 Å². The number of aliphatic hydroxyl groups excluding tert-OH is 1. The maximum atomic E-state index is 12.7. The number of hydrogen-bond donors (Lipinski definition) is 2. The van der Waals surface area contributed by atoms with Crippen LogP contribution < -0.4 is 0 Å². The standard InChI is InChI=1S/C18H27NO4S/c1-14-13-19(9-7-18(14,22)8-11-23-2)17(21)15-3-5-16(6-4-15)24-12-10-20/h3-6,14,20,22H,7-13H2,1-2H3/t14-,18-/m1/s1. The number of ether oxygens (including phenoxy) is 1. The Labute approximate surface area is 148 Å². The minimum Gasteiger partial charge on any atom is -0.396 e. The van der Waals surface area contributed by atoms with Gasteiger partial charge < -0.3 is 19.8 Å². The number of piperidine rings is 1. The maximum Gasteiger partial charge on any atom is 0.253 e. The molecule has 0 radical (unpaired) electrons. The van der Waals surface area contributed by atoms with Crippen molar-refractivity contribution in [2.24, 2.45) is 5.92 Å². The molecule has 0 unspecified atom stereocenters. The summed E-state index contributed by atoms with van der Waals surface area (Å²) < 4.78 is 5.08. The van der Waals surface area contributed by atoms with Gasteiger partial charge in [0.1, 0.15) is 0 Å². The van der Waals surface area contributed by atoms with E-state index < -0.39 is 5.60 Å². The van der Waals surface area contributed by atoms with Crippen molar-refractivity contribution >= 4 is 17.7 Å². The minimum atomic E-state index is -0.752. The molecule has 24 heavy (non-hydrogen) atoms. The van der Waals surface area contributed by atoms with E-state index in [4.69, 9.17) is 9.84 Å². The fourth-order valence-corrected chi connectivity index (χ4v) is 3.70. The number of hydrogen-bond acceptors (Lipinski definition) is 5. The average Bonchev–Trinajstić information content (AvgIpc) is 2.60. The molecule has 1 aromatic rings.